The number of rotatable bonds is 6. The van der Waals surface area contributed by atoms with E-state index >= 15 is 0 Å². The molecule has 0 radical (unpaired) electrons. The molecule has 0 aliphatic rings. The number of aryl methyl sites for hydroxylation is 1. The topological polar surface area (TPSA) is 97.6 Å². The minimum absolute atomic E-state index is 0.268. The molecule has 130 valence electrons. The largest absolute Gasteiger partial charge is 0.328 e. The van der Waals surface area contributed by atoms with E-state index in [0.717, 1.165) is 29.4 Å². The number of benzene rings is 1. The predicted octanol–water partition coefficient (Wildman–Crippen LogP) is 3.09. The number of hydrogen-bond acceptors (Lipinski definition) is 6. The summed E-state index contributed by atoms with van der Waals surface area (Å²) in [4.78, 5) is 12.2. The summed E-state index contributed by atoms with van der Waals surface area (Å²) in [6, 6.07) is 9.09. The maximum absolute atomic E-state index is 12.2. The Labute approximate surface area is 149 Å². The Hall–Kier alpha value is -2.81. The minimum Gasteiger partial charge on any atom is -0.328 e. The van der Waals surface area contributed by atoms with Crippen molar-refractivity contribution in [2.24, 2.45) is 0 Å². The smallest absolute Gasteiger partial charge is 0.321 e. The predicted molar refractivity (Wildman–Crippen MR) is 96.2 cm³/mol. The van der Waals surface area contributed by atoms with Crippen molar-refractivity contribution in [1.82, 2.24) is 30.3 Å². The second-order valence-electron chi connectivity index (χ2n) is 5.48. The molecule has 0 aliphatic carbocycles. The molecule has 2 heterocycles. The monoisotopic (exact) mass is 357 g/mol. The third kappa shape index (κ3) is 4.18. The van der Waals surface area contributed by atoms with E-state index in [9.17, 15) is 4.79 Å². The molecule has 2 aromatic heterocycles. The van der Waals surface area contributed by atoms with E-state index in [4.69, 9.17) is 0 Å². The number of anilines is 1. The van der Waals surface area contributed by atoms with E-state index in [-0.39, 0.29) is 12.1 Å². The van der Waals surface area contributed by atoms with E-state index in [1.54, 1.807) is 6.33 Å². The molecule has 9 heteroatoms. The van der Waals surface area contributed by atoms with Crippen LogP contribution in [0.4, 0.5) is 9.93 Å². The number of carbonyl (C=O) groups excluding carboxylic acids is 1. The first-order chi connectivity index (χ1) is 12.2. The molecular weight excluding hydrogens is 338 g/mol. The quantitative estimate of drug-likeness (QED) is 0.706. The average Bonchev–Trinajstić information content (AvgIpc) is 3.25. The molecule has 2 amide bonds. The van der Waals surface area contributed by atoms with Crippen LogP contribution in [0, 0.1) is 0 Å². The van der Waals surface area contributed by atoms with Gasteiger partial charge in [0.05, 0.1) is 6.04 Å². The molecule has 0 fully saturated rings. The van der Waals surface area contributed by atoms with Gasteiger partial charge in [-0.3, -0.25) is 5.32 Å². The van der Waals surface area contributed by atoms with Gasteiger partial charge in [-0.15, -0.1) is 20.4 Å². The maximum Gasteiger partial charge on any atom is 0.321 e. The molecule has 3 rings (SSSR count). The fourth-order valence-corrected chi connectivity index (χ4v) is 3.12. The molecule has 25 heavy (non-hydrogen) atoms. The molecule has 1 aromatic carbocycles. The molecule has 0 spiro atoms. The first kappa shape index (κ1) is 17.0. The normalized spacial score (nSPS) is 11.9. The second kappa shape index (κ2) is 7.84. The van der Waals surface area contributed by atoms with Crippen LogP contribution in [0.2, 0.25) is 0 Å². The van der Waals surface area contributed by atoms with Crippen LogP contribution in [0.15, 0.2) is 36.7 Å². The second-order valence-corrected chi connectivity index (χ2v) is 6.46. The number of amides is 2. The molecular formula is C16H19N7OS. The van der Waals surface area contributed by atoms with Gasteiger partial charge in [-0.25, -0.2) is 4.79 Å². The van der Waals surface area contributed by atoms with Gasteiger partial charge in [0.25, 0.3) is 0 Å². The van der Waals surface area contributed by atoms with Crippen molar-refractivity contribution in [3.8, 4) is 10.6 Å². The number of nitrogens with one attached hydrogen (secondary N) is 2. The van der Waals surface area contributed by atoms with Crippen molar-refractivity contribution < 1.29 is 4.79 Å². The summed E-state index contributed by atoms with van der Waals surface area (Å²) in [5.41, 5.74) is 0.967. The van der Waals surface area contributed by atoms with Crippen LogP contribution in [0.3, 0.4) is 0 Å². The van der Waals surface area contributed by atoms with Crippen molar-refractivity contribution in [3.63, 3.8) is 0 Å². The van der Waals surface area contributed by atoms with Gasteiger partial charge in [0.15, 0.2) is 5.82 Å². The average molecular weight is 357 g/mol. The molecule has 0 saturated heterocycles. The first-order valence-corrected chi connectivity index (χ1v) is 8.83. The van der Waals surface area contributed by atoms with Crippen LogP contribution >= 0.6 is 11.3 Å². The van der Waals surface area contributed by atoms with Crippen molar-refractivity contribution in [3.05, 3.63) is 42.5 Å². The minimum atomic E-state index is -0.352. The summed E-state index contributed by atoms with van der Waals surface area (Å²) in [5, 5.41) is 22.9. The van der Waals surface area contributed by atoms with Crippen LogP contribution in [0.25, 0.3) is 10.6 Å². The standard InChI is InChI=1S/C16H19N7OS/c1-3-9-23-10-17-20-13(23)11(2)18-15(24)19-16-22-21-14(25-16)12-7-5-4-6-8-12/h4-8,10-11H,3,9H2,1-2H3,(H2,18,19,22,24). The van der Waals surface area contributed by atoms with Gasteiger partial charge in [-0.1, -0.05) is 48.6 Å². The first-order valence-electron chi connectivity index (χ1n) is 8.01. The highest BCUT2D eigenvalue weighted by molar-refractivity contribution is 7.18. The molecule has 2 N–H and O–H groups in total. The van der Waals surface area contributed by atoms with E-state index in [2.05, 4.69) is 38.0 Å². The zero-order chi connectivity index (χ0) is 17.6. The summed E-state index contributed by atoms with van der Waals surface area (Å²) in [5.74, 6) is 0.722. The van der Waals surface area contributed by atoms with E-state index < -0.39 is 0 Å². The van der Waals surface area contributed by atoms with Gasteiger partial charge < -0.3 is 9.88 Å². The summed E-state index contributed by atoms with van der Waals surface area (Å²) >= 11 is 1.32. The molecule has 0 bridgehead atoms. The van der Waals surface area contributed by atoms with Crippen molar-refractivity contribution in [1.29, 1.82) is 0 Å². The van der Waals surface area contributed by atoms with E-state index in [1.165, 1.54) is 11.3 Å². The Morgan fingerprint density at radius 1 is 1.24 bits per heavy atom. The molecule has 1 unspecified atom stereocenters. The van der Waals surface area contributed by atoms with Crippen molar-refractivity contribution >= 4 is 22.5 Å². The van der Waals surface area contributed by atoms with Crippen LogP contribution in [-0.2, 0) is 6.54 Å². The lowest BCUT2D eigenvalue weighted by Gasteiger charge is -2.14. The van der Waals surface area contributed by atoms with E-state index in [0.29, 0.717) is 5.13 Å². The third-order valence-corrected chi connectivity index (χ3v) is 4.40. The van der Waals surface area contributed by atoms with Gasteiger partial charge >= 0.3 is 6.03 Å². The third-order valence-electron chi connectivity index (χ3n) is 3.51. The van der Waals surface area contributed by atoms with E-state index in [1.807, 2.05) is 41.8 Å². The van der Waals surface area contributed by atoms with Gasteiger partial charge in [0.1, 0.15) is 11.3 Å². The maximum atomic E-state index is 12.2. The number of urea groups is 1. The Morgan fingerprint density at radius 2 is 2.04 bits per heavy atom. The lowest BCUT2D eigenvalue weighted by Crippen LogP contribution is -2.32. The van der Waals surface area contributed by atoms with Gasteiger partial charge in [0.2, 0.25) is 5.13 Å². The highest BCUT2D eigenvalue weighted by Crippen LogP contribution is 2.25. The van der Waals surface area contributed by atoms with Crippen LogP contribution in [-0.4, -0.2) is 31.0 Å². The van der Waals surface area contributed by atoms with Crippen LogP contribution < -0.4 is 10.6 Å². The highest BCUT2D eigenvalue weighted by atomic mass is 32.1. The number of hydrogen-bond donors (Lipinski definition) is 2. The highest BCUT2D eigenvalue weighted by Gasteiger charge is 2.16. The Bertz CT molecular complexity index is 830. The van der Waals surface area contributed by atoms with Crippen LogP contribution in [0.5, 0.6) is 0 Å². The Kier molecular flexibility index (Phi) is 5.34. The Morgan fingerprint density at radius 3 is 2.80 bits per heavy atom. The summed E-state index contributed by atoms with van der Waals surface area (Å²) in [7, 11) is 0. The molecule has 8 nitrogen and oxygen atoms in total. The lowest BCUT2D eigenvalue weighted by atomic mass is 10.2. The summed E-state index contributed by atoms with van der Waals surface area (Å²) < 4.78 is 1.93. The van der Waals surface area contributed by atoms with Gasteiger partial charge in [0, 0.05) is 12.1 Å². The lowest BCUT2D eigenvalue weighted by molar-refractivity contribution is 0.248. The molecule has 1 atom stereocenters. The zero-order valence-electron chi connectivity index (χ0n) is 14.0. The number of aromatic nitrogens is 5. The molecule has 0 aliphatic heterocycles. The fraction of sp³-hybridized carbons (Fsp3) is 0.312. The Balaban J connectivity index is 1.61. The zero-order valence-corrected chi connectivity index (χ0v) is 14.8. The SMILES string of the molecule is CCCn1cnnc1C(C)NC(=O)Nc1nnc(-c2ccccc2)s1. The van der Waals surface area contributed by atoms with Crippen molar-refractivity contribution in [2.45, 2.75) is 32.9 Å². The van der Waals surface area contributed by atoms with Gasteiger partial charge in [-0.2, -0.15) is 0 Å². The molecule has 3 aromatic rings. The summed E-state index contributed by atoms with van der Waals surface area (Å²) in [6.45, 7) is 4.76. The van der Waals surface area contributed by atoms with Crippen LogP contribution in [0.1, 0.15) is 32.1 Å². The fourth-order valence-electron chi connectivity index (χ4n) is 2.38. The number of carbonyl (C=O) groups is 1. The van der Waals surface area contributed by atoms with Gasteiger partial charge in [-0.05, 0) is 13.3 Å². The number of nitrogens with zero attached hydrogens (tertiary/aromatic N) is 5. The molecule has 0 saturated carbocycles. The van der Waals surface area contributed by atoms with Crippen molar-refractivity contribution in [2.75, 3.05) is 5.32 Å². The summed E-state index contributed by atoms with van der Waals surface area (Å²) in [6.07, 6.45) is 2.64.